The van der Waals surface area contributed by atoms with Crippen molar-refractivity contribution in [2.75, 3.05) is 41.8 Å². The van der Waals surface area contributed by atoms with Crippen LogP contribution < -0.4 is 15.5 Å². The second-order valence-corrected chi connectivity index (χ2v) is 8.93. The van der Waals surface area contributed by atoms with E-state index in [9.17, 15) is 9.59 Å². The molecule has 11 heteroatoms. The van der Waals surface area contributed by atoms with E-state index in [-0.39, 0.29) is 26.3 Å². The van der Waals surface area contributed by atoms with E-state index >= 15 is 0 Å². The highest BCUT2D eigenvalue weighted by Gasteiger charge is 2.21. The average Bonchev–Trinajstić information content (AvgIpc) is 3.22. The number of hydrogen-bond donors (Lipinski definition) is 2. The van der Waals surface area contributed by atoms with Crippen LogP contribution in [0, 0.1) is 0 Å². The van der Waals surface area contributed by atoms with Gasteiger partial charge in [0.15, 0.2) is 5.69 Å². The van der Waals surface area contributed by atoms with E-state index in [0.717, 1.165) is 30.1 Å². The normalized spacial score (nSPS) is 13.7. The SMILES string of the molecule is O=C(Nc1ccc(N2CCOCC2)cc1)c1ncsc1NC(=O)c1c(Cl)cc(Cl)cc1Cl. The fourth-order valence-corrected chi connectivity index (χ4v) is 4.85. The van der Waals surface area contributed by atoms with Crippen molar-refractivity contribution < 1.29 is 14.3 Å². The molecular formula is C21H17Cl3N4O3S. The van der Waals surface area contributed by atoms with Gasteiger partial charge >= 0.3 is 0 Å². The third-order valence-electron chi connectivity index (χ3n) is 4.74. The minimum absolute atomic E-state index is 0.0659. The topological polar surface area (TPSA) is 83.6 Å². The quantitative estimate of drug-likeness (QED) is 0.476. The molecule has 32 heavy (non-hydrogen) atoms. The van der Waals surface area contributed by atoms with Gasteiger partial charge in [0.1, 0.15) is 5.00 Å². The van der Waals surface area contributed by atoms with Crippen molar-refractivity contribution in [2.24, 2.45) is 0 Å². The summed E-state index contributed by atoms with van der Waals surface area (Å²) in [5.41, 5.74) is 3.29. The molecule has 2 aromatic carbocycles. The predicted molar refractivity (Wildman–Crippen MR) is 129 cm³/mol. The number of thiazole rings is 1. The van der Waals surface area contributed by atoms with E-state index in [1.54, 1.807) is 0 Å². The maximum Gasteiger partial charge on any atom is 0.277 e. The molecule has 1 saturated heterocycles. The molecule has 0 atom stereocenters. The molecule has 7 nitrogen and oxygen atoms in total. The Hall–Kier alpha value is -2.36. The molecule has 1 aliphatic rings. The highest BCUT2D eigenvalue weighted by Crippen LogP contribution is 2.31. The van der Waals surface area contributed by atoms with E-state index in [4.69, 9.17) is 39.5 Å². The van der Waals surface area contributed by atoms with E-state index in [1.807, 2.05) is 24.3 Å². The van der Waals surface area contributed by atoms with E-state index in [1.165, 1.54) is 17.6 Å². The molecule has 3 aromatic rings. The van der Waals surface area contributed by atoms with Crippen LogP contribution in [0.5, 0.6) is 0 Å². The number of anilines is 3. The standard InChI is InChI=1S/C21H17Cl3N4O3S/c22-12-9-15(23)17(16(24)10-12)19(29)27-21-18(25-11-32-21)20(30)26-13-1-3-14(4-2-13)28-5-7-31-8-6-28/h1-4,9-11H,5-8H2,(H,26,30)(H,27,29). The zero-order chi connectivity index (χ0) is 22.7. The summed E-state index contributed by atoms with van der Waals surface area (Å²) in [6, 6.07) is 10.4. The summed E-state index contributed by atoms with van der Waals surface area (Å²) in [7, 11) is 0. The largest absolute Gasteiger partial charge is 0.378 e. The number of ether oxygens (including phenoxy) is 1. The molecular weight excluding hydrogens is 495 g/mol. The fraction of sp³-hybridized carbons (Fsp3) is 0.190. The second-order valence-electron chi connectivity index (χ2n) is 6.83. The van der Waals surface area contributed by atoms with Crippen LogP contribution in [0.2, 0.25) is 15.1 Å². The molecule has 0 saturated carbocycles. The lowest BCUT2D eigenvalue weighted by Gasteiger charge is -2.28. The number of halogens is 3. The van der Waals surface area contributed by atoms with Gasteiger partial charge < -0.3 is 20.3 Å². The summed E-state index contributed by atoms with van der Waals surface area (Å²) in [6.07, 6.45) is 0. The number of nitrogens with one attached hydrogen (secondary N) is 2. The number of carbonyl (C=O) groups is 2. The van der Waals surface area contributed by atoms with Crippen LogP contribution in [-0.2, 0) is 4.74 Å². The van der Waals surface area contributed by atoms with E-state index < -0.39 is 11.8 Å². The number of morpholine rings is 1. The smallest absolute Gasteiger partial charge is 0.277 e. The van der Waals surface area contributed by atoms with Crippen molar-refractivity contribution in [1.29, 1.82) is 0 Å². The third-order valence-corrected chi connectivity index (χ3v) is 6.30. The summed E-state index contributed by atoms with van der Waals surface area (Å²) in [4.78, 5) is 31.8. The van der Waals surface area contributed by atoms with Crippen molar-refractivity contribution in [3.8, 4) is 0 Å². The Balaban J connectivity index is 1.45. The molecule has 1 fully saturated rings. The molecule has 0 spiro atoms. The van der Waals surface area contributed by atoms with Crippen molar-refractivity contribution >= 4 is 74.3 Å². The second kappa shape index (κ2) is 10.1. The van der Waals surface area contributed by atoms with Crippen LogP contribution in [0.15, 0.2) is 41.9 Å². The minimum atomic E-state index is -0.565. The highest BCUT2D eigenvalue weighted by atomic mass is 35.5. The minimum Gasteiger partial charge on any atom is -0.378 e. The van der Waals surface area contributed by atoms with Gasteiger partial charge in [-0.05, 0) is 36.4 Å². The monoisotopic (exact) mass is 510 g/mol. The molecule has 2 N–H and O–H groups in total. The van der Waals surface area contributed by atoms with Gasteiger partial charge in [0, 0.05) is 29.5 Å². The molecule has 0 aliphatic carbocycles. The molecule has 1 aromatic heterocycles. The zero-order valence-electron chi connectivity index (χ0n) is 16.5. The highest BCUT2D eigenvalue weighted by molar-refractivity contribution is 7.14. The first-order valence-corrected chi connectivity index (χ1v) is 11.6. The molecule has 2 amide bonds. The van der Waals surface area contributed by atoms with Gasteiger partial charge in [0.25, 0.3) is 11.8 Å². The Bertz CT molecular complexity index is 1120. The lowest BCUT2D eigenvalue weighted by atomic mass is 10.2. The summed E-state index contributed by atoms with van der Waals surface area (Å²) in [6.45, 7) is 3.05. The van der Waals surface area contributed by atoms with Gasteiger partial charge in [-0.3, -0.25) is 9.59 Å². The Labute approximate surface area is 203 Å². The first kappa shape index (κ1) is 22.8. The third kappa shape index (κ3) is 5.16. The lowest BCUT2D eigenvalue weighted by molar-refractivity contribution is 0.102. The van der Waals surface area contributed by atoms with Gasteiger partial charge in [-0.25, -0.2) is 4.98 Å². The number of aromatic nitrogens is 1. The summed E-state index contributed by atoms with van der Waals surface area (Å²) < 4.78 is 5.37. The molecule has 1 aliphatic heterocycles. The van der Waals surface area contributed by atoms with Crippen molar-refractivity contribution in [3.63, 3.8) is 0 Å². The van der Waals surface area contributed by atoms with Crippen molar-refractivity contribution in [1.82, 2.24) is 4.98 Å². The van der Waals surface area contributed by atoms with Gasteiger partial charge in [-0.1, -0.05) is 34.8 Å². The maximum absolute atomic E-state index is 12.8. The van der Waals surface area contributed by atoms with Crippen LogP contribution in [0.1, 0.15) is 20.8 Å². The number of amides is 2. The van der Waals surface area contributed by atoms with Crippen LogP contribution in [0.3, 0.4) is 0 Å². The number of nitrogens with zero attached hydrogens (tertiary/aromatic N) is 2. The molecule has 0 unspecified atom stereocenters. The van der Waals surface area contributed by atoms with E-state index in [2.05, 4.69) is 20.5 Å². The Morgan fingerprint density at radius 1 is 0.969 bits per heavy atom. The molecule has 166 valence electrons. The lowest BCUT2D eigenvalue weighted by Crippen LogP contribution is -2.36. The summed E-state index contributed by atoms with van der Waals surface area (Å²) in [5, 5.41) is 6.26. The maximum atomic E-state index is 12.8. The van der Waals surface area contributed by atoms with Gasteiger partial charge in [0.05, 0.1) is 34.3 Å². The van der Waals surface area contributed by atoms with Gasteiger partial charge in [-0.15, -0.1) is 11.3 Å². The van der Waals surface area contributed by atoms with Gasteiger partial charge in [-0.2, -0.15) is 0 Å². The van der Waals surface area contributed by atoms with Crippen LogP contribution in [0.25, 0.3) is 0 Å². The van der Waals surface area contributed by atoms with Crippen molar-refractivity contribution in [3.05, 3.63) is 68.2 Å². The van der Waals surface area contributed by atoms with Crippen molar-refractivity contribution in [2.45, 2.75) is 0 Å². The number of rotatable bonds is 5. The summed E-state index contributed by atoms with van der Waals surface area (Å²) >= 11 is 19.2. The predicted octanol–water partition coefficient (Wildman–Crippen LogP) is 5.44. The molecule has 0 bridgehead atoms. The molecule has 2 heterocycles. The van der Waals surface area contributed by atoms with Crippen LogP contribution in [0.4, 0.5) is 16.4 Å². The first-order chi connectivity index (χ1) is 15.4. The fourth-order valence-electron chi connectivity index (χ4n) is 3.19. The number of carbonyl (C=O) groups excluding carboxylic acids is 2. The van der Waals surface area contributed by atoms with Crippen LogP contribution >= 0.6 is 46.1 Å². The average molecular weight is 512 g/mol. The Morgan fingerprint density at radius 2 is 1.62 bits per heavy atom. The summed E-state index contributed by atoms with van der Waals surface area (Å²) in [5.74, 6) is -1.01. The number of benzene rings is 2. The first-order valence-electron chi connectivity index (χ1n) is 9.56. The van der Waals surface area contributed by atoms with Gasteiger partial charge in [0.2, 0.25) is 0 Å². The zero-order valence-corrected chi connectivity index (χ0v) is 19.6. The van der Waals surface area contributed by atoms with E-state index in [0.29, 0.717) is 23.9 Å². The molecule has 0 radical (unpaired) electrons. The Morgan fingerprint density at radius 3 is 2.28 bits per heavy atom. The number of hydrogen-bond acceptors (Lipinski definition) is 6. The Kier molecular flexibility index (Phi) is 7.17. The van der Waals surface area contributed by atoms with Crippen LogP contribution in [-0.4, -0.2) is 43.1 Å². The molecule has 4 rings (SSSR count).